The number of nitrogens with one attached hydrogen (secondary N) is 1. The first-order valence-electron chi connectivity index (χ1n) is 21.3. The third kappa shape index (κ3) is 8.15. The smallest absolute Gasteiger partial charge is 0.244 e. The topological polar surface area (TPSA) is 161 Å². The zero-order chi connectivity index (χ0) is 43.1. The fourth-order valence-electron chi connectivity index (χ4n) is 9.28. The monoisotopic (exact) mass is 850 g/mol. The maximum Gasteiger partial charge on any atom is 0.244 e. The highest BCUT2D eigenvalue weighted by molar-refractivity contribution is 7.13. The first-order chi connectivity index (χ1) is 30.0. The summed E-state index contributed by atoms with van der Waals surface area (Å²) in [6.45, 7) is 9.49. The van der Waals surface area contributed by atoms with Crippen LogP contribution in [0.1, 0.15) is 73.6 Å². The van der Waals surface area contributed by atoms with Crippen LogP contribution in [0, 0.1) is 25.2 Å². The first-order valence-corrected chi connectivity index (χ1v) is 22.2. The van der Waals surface area contributed by atoms with Gasteiger partial charge in [-0.1, -0.05) is 67.4 Å². The summed E-state index contributed by atoms with van der Waals surface area (Å²) in [6.07, 6.45) is 7.14. The lowest BCUT2D eigenvalue weighted by molar-refractivity contribution is -0.141. The quantitative estimate of drug-likeness (QED) is 0.119. The SMILES string of the molecule is C#C[C@H](NC(=O)[C@@H]1C[C@@H](O)CN1C(=O)[C@@H](c1cc(N2CCC(N3CC(c4ccc5nnc(-c6ccccc6O)cc5c4)C3)CC2)no1)C(C)C)c1ccc(-c2scnc2C)cc1. The highest BCUT2D eigenvalue weighted by atomic mass is 32.1. The van der Waals surface area contributed by atoms with Crippen molar-refractivity contribution in [2.24, 2.45) is 5.92 Å². The van der Waals surface area contributed by atoms with Crippen molar-refractivity contribution in [1.29, 1.82) is 0 Å². The number of carbonyl (C=O) groups excluding carboxylic acids is 2. The second-order valence-corrected chi connectivity index (χ2v) is 18.0. The van der Waals surface area contributed by atoms with Crippen molar-refractivity contribution >= 4 is 39.9 Å². The summed E-state index contributed by atoms with van der Waals surface area (Å²) >= 11 is 1.56. The lowest BCUT2D eigenvalue weighted by atomic mass is 9.87. The van der Waals surface area contributed by atoms with Crippen LogP contribution in [0.5, 0.6) is 5.75 Å². The summed E-state index contributed by atoms with van der Waals surface area (Å²) in [5.74, 6) is 2.88. The number of hydrogen-bond donors (Lipinski definition) is 3. The van der Waals surface area contributed by atoms with Crippen molar-refractivity contribution in [1.82, 2.24) is 35.5 Å². The number of aromatic nitrogens is 4. The summed E-state index contributed by atoms with van der Waals surface area (Å²) in [7, 11) is 0. The average Bonchev–Trinajstić information content (AvgIpc) is 4.03. The lowest BCUT2D eigenvalue weighted by Gasteiger charge is -2.47. The molecule has 13 nitrogen and oxygen atoms in total. The number of benzene rings is 3. The van der Waals surface area contributed by atoms with Gasteiger partial charge in [0.15, 0.2) is 11.6 Å². The molecule has 14 heteroatoms. The number of hydrogen-bond acceptors (Lipinski definition) is 12. The average molecular weight is 851 g/mol. The molecule has 62 heavy (non-hydrogen) atoms. The van der Waals surface area contributed by atoms with Crippen LogP contribution in [0.3, 0.4) is 0 Å². The number of phenolic OH excluding ortho intramolecular Hbond substituents is 1. The number of piperidine rings is 1. The van der Waals surface area contributed by atoms with Crippen LogP contribution in [0.25, 0.3) is 32.6 Å². The molecule has 0 spiro atoms. The van der Waals surface area contributed by atoms with Gasteiger partial charge in [0.25, 0.3) is 0 Å². The Morgan fingerprint density at radius 2 is 1.76 bits per heavy atom. The molecule has 0 aliphatic carbocycles. The maximum absolute atomic E-state index is 14.3. The predicted molar refractivity (Wildman–Crippen MR) is 238 cm³/mol. The molecule has 3 fully saturated rings. The number of aliphatic hydroxyl groups excluding tert-OH is 1. The third-order valence-corrected chi connectivity index (χ3v) is 13.8. The molecule has 0 radical (unpaired) electrons. The largest absolute Gasteiger partial charge is 0.507 e. The molecule has 0 saturated carbocycles. The van der Waals surface area contributed by atoms with Gasteiger partial charge >= 0.3 is 0 Å². The number of thiazole rings is 1. The molecular formula is C48H50N8O5S. The summed E-state index contributed by atoms with van der Waals surface area (Å²) in [4.78, 5) is 39.8. The molecule has 0 bridgehead atoms. The molecule has 6 aromatic rings. The Kier molecular flexibility index (Phi) is 11.5. The van der Waals surface area contributed by atoms with Crippen LogP contribution >= 0.6 is 11.3 Å². The van der Waals surface area contributed by atoms with E-state index in [2.05, 4.69) is 53.5 Å². The van der Waals surface area contributed by atoms with Gasteiger partial charge in [-0.3, -0.25) is 14.5 Å². The van der Waals surface area contributed by atoms with Crippen LogP contribution in [0.15, 0.2) is 88.9 Å². The van der Waals surface area contributed by atoms with E-state index in [1.807, 2.05) is 80.9 Å². The van der Waals surface area contributed by atoms with Gasteiger partial charge in [0.2, 0.25) is 11.8 Å². The van der Waals surface area contributed by atoms with Gasteiger partial charge in [0, 0.05) is 68.1 Å². The Labute approximate surface area is 364 Å². The second-order valence-electron chi connectivity index (χ2n) is 17.1. The number of para-hydroxylation sites is 1. The Morgan fingerprint density at radius 3 is 2.47 bits per heavy atom. The van der Waals surface area contributed by atoms with Gasteiger partial charge < -0.3 is 29.9 Å². The fraction of sp³-hybridized carbons (Fsp3) is 0.375. The van der Waals surface area contributed by atoms with Gasteiger partial charge in [0.1, 0.15) is 23.8 Å². The molecule has 4 atom stereocenters. The number of aromatic hydroxyl groups is 1. The van der Waals surface area contributed by atoms with E-state index in [0.29, 0.717) is 34.8 Å². The normalized spacial score (nSPS) is 19.7. The number of terminal acetylenes is 1. The summed E-state index contributed by atoms with van der Waals surface area (Å²) in [5.41, 5.74) is 7.95. The summed E-state index contributed by atoms with van der Waals surface area (Å²) < 4.78 is 5.90. The lowest BCUT2D eigenvalue weighted by Crippen LogP contribution is -2.54. The predicted octanol–water partition coefficient (Wildman–Crippen LogP) is 6.68. The molecule has 6 heterocycles. The minimum Gasteiger partial charge on any atom is -0.507 e. The van der Waals surface area contributed by atoms with Crippen molar-refractivity contribution in [2.45, 2.75) is 76.1 Å². The van der Waals surface area contributed by atoms with Gasteiger partial charge in [-0.15, -0.1) is 28.0 Å². The number of anilines is 1. The van der Waals surface area contributed by atoms with Gasteiger partial charge in [0.05, 0.1) is 33.4 Å². The number of carbonyl (C=O) groups is 2. The Bertz CT molecular complexity index is 2620. The molecule has 3 aliphatic heterocycles. The van der Waals surface area contributed by atoms with E-state index >= 15 is 0 Å². The standard InChI is InChI=1S/C48H50N8O5S/c1-5-38(30-10-12-31(13-11-30)46-29(4)49-27-62-46)50-47(59)41-22-36(57)26-56(41)48(60)45(28(2)3)43-23-44(53-61-43)54-18-16-35(17-19-54)55-24-34(25-55)32-14-15-39-33(20-32)21-40(52-51-39)37-8-6-7-9-42(37)58/h1,6-15,20-21,23,27-28,34-36,38,41,45,57-58H,16-19,22,24-26H2,2-4H3,(H,50,59)/t36-,38+,41+,45-/m1/s1. The zero-order valence-corrected chi connectivity index (χ0v) is 35.8. The second kappa shape index (κ2) is 17.3. The highest BCUT2D eigenvalue weighted by Gasteiger charge is 2.44. The number of rotatable bonds is 11. The summed E-state index contributed by atoms with van der Waals surface area (Å²) in [6, 6.07) is 24.0. The van der Waals surface area contributed by atoms with Crippen LogP contribution in [0.4, 0.5) is 5.82 Å². The van der Waals surface area contributed by atoms with Crippen molar-refractivity contribution in [3.8, 4) is 39.8 Å². The fourth-order valence-corrected chi connectivity index (χ4v) is 10.1. The van der Waals surface area contributed by atoms with E-state index in [1.165, 1.54) is 10.5 Å². The number of likely N-dealkylation sites (tertiary alicyclic amines) is 2. The Hall–Kier alpha value is -6.14. The molecular weight excluding hydrogens is 801 g/mol. The summed E-state index contributed by atoms with van der Waals surface area (Å²) in [5, 5.41) is 38.3. The Morgan fingerprint density at radius 1 is 0.984 bits per heavy atom. The van der Waals surface area contributed by atoms with Gasteiger partial charge in [-0.05, 0) is 72.7 Å². The van der Waals surface area contributed by atoms with Crippen molar-refractivity contribution < 1.29 is 24.3 Å². The highest BCUT2D eigenvalue weighted by Crippen LogP contribution is 2.37. The van der Waals surface area contributed by atoms with Crippen molar-refractivity contribution in [3.05, 3.63) is 107 Å². The number of β-amino-alcohol motifs (C(OH)–C–C–N with tert-alkyl or cyclic N) is 1. The number of nitrogens with zero attached hydrogens (tertiary/aromatic N) is 7. The zero-order valence-electron chi connectivity index (χ0n) is 35.0. The maximum atomic E-state index is 14.3. The molecule has 3 aromatic heterocycles. The van der Waals surface area contributed by atoms with Crippen molar-refractivity contribution in [3.63, 3.8) is 0 Å². The number of fused-ring (bicyclic) bond motifs is 1. The van der Waals surface area contributed by atoms with E-state index in [9.17, 15) is 19.8 Å². The third-order valence-electron chi connectivity index (χ3n) is 12.8. The minimum atomic E-state index is -0.894. The molecule has 9 rings (SSSR count). The van der Waals surface area contributed by atoms with E-state index < -0.39 is 30.0 Å². The number of phenols is 1. The minimum absolute atomic E-state index is 0.0335. The van der Waals surface area contributed by atoms with Crippen LogP contribution in [-0.2, 0) is 9.59 Å². The van der Waals surface area contributed by atoms with Crippen LogP contribution < -0.4 is 10.2 Å². The van der Waals surface area contributed by atoms with E-state index in [0.717, 1.165) is 71.6 Å². The molecule has 2 amide bonds. The van der Waals surface area contributed by atoms with Gasteiger partial charge in [-0.2, -0.15) is 0 Å². The molecule has 318 valence electrons. The molecule has 0 unspecified atom stereocenters. The molecule has 3 aliphatic rings. The van der Waals surface area contributed by atoms with Crippen LogP contribution in [-0.4, -0.2) is 103 Å². The van der Waals surface area contributed by atoms with Gasteiger partial charge in [-0.25, -0.2) is 4.98 Å². The number of amides is 2. The van der Waals surface area contributed by atoms with Crippen LogP contribution in [0.2, 0.25) is 0 Å². The molecule has 3 aromatic carbocycles. The number of aliphatic hydroxyl groups is 1. The number of aryl methyl sites for hydroxylation is 1. The van der Waals surface area contributed by atoms with E-state index in [1.54, 1.807) is 23.5 Å². The van der Waals surface area contributed by atoms with E-state index in [-0.39, 0.29) is 30.5 Å². The Balaban J connectivity index is 0.803. The molecule has 3 N–H and O–H groups in total. The first kappa shape index (κ1) is 41.2. The molecule has 3 saturated heterocycles. The van der Waals surface area contributed by atoms with Crippen molar-refractivity contribution in [2.75, 3.05) is 37.6 Å². The van der Waals surface area contributed by atoms with E-state index in [4.69, 9.17) is 10.9 Å².